The summed E-state index contributed by atoms with van der Waals surface area (Å²) in [4.78, 5) is 11.6. The van der Waals surface area contributed by atoms with Crippen molar-refractivity contribution in [2.75, 3.05) is 33.9 Å². The van der Waals surface area contributed by atoms with Crippen LogP contribution >= 0.6 is 0 Å². The van der Waals surface area contributed by atoms with E-state index in [1.165, 1.54) is 5.56 Å². The third-order valence-corrected chi connectivity index (χ3v) is 3.88. The van der Waals surface area contributed by atoms with Crippen LogP contribution < -0.4 is 15.4 Å². The highest BCUT2D eigenvalue weighted by atomic mass is 16.5. The van der Waals surface area contributed by atoms with Crippen LogP contribution in [0.1, 0.15) is 24.3 Å². The Kier molecular flexibility index (Phi) is 6.02. The second-order valence-corrected chi connectivity index (χ2v) is 5.37. The molecule has 1 aliphatic carbocycles. The Morgan fingerprint density at radius 1 is 1.33 bits per heavy atom. The molecule has 0 spiro atoms. The first-order valence-electron chi connectivity index (χ1n) is 7.36. The fraction of sp³-hybridized carbons (Fsp3) is 0.562. The van der Waals surface area contributed by atoms with E-state index >= 15 is 0 Å². The molecule has 1 saturated carbocycles. The predicted octanol–water partition coefficient (Wildman–Crippen LogP) is 1.29. The molecule has 0 unspecified atom stereocenters. The van der Waals surface area contributed by atoms with Gasteiger partial charge in [-0.2, -0.15) is 0 Å². The summed E-state index contributed by atoms with van der Waals surface area (Å²) in [6.07, 6.45) is 2.14. The van der Waals surface area contributed by atoms with E-state index in [4.69, 9.17) is 9.47 Å². The molecule has 0 atom stereocenters. The van der Waals surface area contributed by atoms with E-state index in [0.29, 0.717) is 31.7 Å². The Bertz CT molecular complexity index is 459. The van der Waals surface area contributed by atoms with Crippen LogP contribution in [0.2, 0.25) is 0 Å². The van der Waals surface area contributed by atoms with Gasteiger partial charge in [0.05, 0.1) is 20.3 Å². The van der Waals surface area contributed by atoms with Crippen molar-refractivity contribution in [3.8, 4) is 5.75 Å². The molecule has 0 bridgehead atoms. The Balaban J connectivity index is 1.66. The first kappa shape index (κ1) is 15.8. The van der Waals surface area contributed by atoms with Crippen LogP contribution in [0.3, 0.4) is 0 Å². The number of benzene rings is 1. The van der Waals surface area contributed by atoms with Crippen LogP contribution in [0.15, 0.2) is 24.3 Å². The van der Waals surface area contributed by atoms with Crippen molar-refractivity contribution in [1.29, 1.82) is 0 Å². The number of amides is 1. The van der Waals surface area contributed by atoms with Gasteiger partial charge < -0.3 is 20.1 Å². The van der Waals surface area contributed by atoms with E-state index in [-0.39, 0.29) is 5.91 Å². The molecule has 0 aromatic heterocycles. The number of hydrogen-bond donors (Lipinski definition) is 2. The van der Waals surface area contributed by atoms with Crippen molar-refractivity contribution in [2.45, 2.75) is 24.8 Å². The highest BCUT2D eigenvalue weighted by molar-refractivity contribution is 5.78. The molecule has 5 nitrogen and oxygen atoms in total. The average Bonchev–Trinajstić information content (AvgIpc) is 2.46. The highest BCUT2D eigenvalue weighted by Crippen LogP contribution is 2.37. The van der Waals surface area contributed by atoms with Crippen LogP contribution in [-0.2, 0) is 9.53 Å². The van der Waals surface area contributed by atoms with Gasteiger partial charge in [0.25, 0.3) is 0 Å². The maximum absolute atomic E-state index is 11.6. The lowest BCUT2D eigenvalue weighted by Crippen LogP contribution is -2.45. The van der Waals surface area contributed by atoms with Gasteiger partial charge in [-0.3, -0.25) is 4.79 Å². The molecule has 1 aliphatic rings. The third-order valence-electron chi connectivity index (χ3n) is 3.88. The van der Waals surface area contributed by atoms with Crippen LogP contribution in [0.25, 0.3) is 0 Å². The van der Waals surface area contributed by atoms with Crippen molar-refractivity contribution in [3.63, 3.8) is 0 Å². The molecule has 1 fully saturated rings. The summed E-state index contributed by atoms with van der Waals surface area (Å²) in [5.74, 6) is 1.49. The lowest BCUT2D eigenvalue weighted by molar-refractivity contribution is -0.120. The summed E-state index contributed by atoms with van der Waals surface area (Å²) in [6, 6.07) is 8.65. The van der Waals surface area contributed by atoms with E-state index in [2.05, 4.69) is 22.8 Å². The summed E-state index contributed by atoms with van der Waals surface area (Å²) < 4.78 is 10.1. The number of rotatable bonds is 8. The third kappa shape index (κ3) is 4.72. The summed E-state index contributed by atoms with van der Waals surface area (Å²) in [5.41, 5.74) is 1.32. The zero-order valence-corrected chi connectivity index (χ0v) is 12.7. The van der Waals surface area contributed by atoms with Gasteiger partial charge in [0.15, 0.2) is 0 Å². The molecule has 5 heteroatoms. The van der Waals surface area contributed by atoms with Gasteiger partial charge in [-0.25, -0.2) is 0 Å². The van der Waals surface area contributed by atoms with Crippen molar-refractivity contribution < 1.29 is 14.3 Å². The lowest BCUT2D eigenvalue weighted by Gasteiger charge is -2.36. The molecule has 1 aromatic rings. The zero-order chi connectivity index (χ0) is 15.1. The zero-order valence-electron chi connectivity index (χ0n) is 12.7. The molecule has 116 valence electrons. The molecular formula is C16H24N2O3. The minimum atomic E-state index is 0.0249. The monoisotopic (exact) mass is 292 g/mol. The van der Waals surface area contributed by atoms with Gasteiger partial charge in [-0.15, -0.1) is 0 Å². The van der Waals surface area contributed by atoms with Crippen molar-refractivity contribution in [3.05, 3.63) is 29.8 Å². The van der Waals surface area contributed by atoms with Gasteiger partial charge >= 0.3 is 0 Å². The van der Waals surface area contributed by atoms with Crippen LogP contribution in [-0.4, -0.2) is 45.9 Å². The molecule has 1 aromatic carbocycles. The molecular weight excluding hydrogens is 268 g/mol. The fourth-order valence-corrected chi connectivity index (χ4v) is 2.54. The number of ether oxygens (including phenoxy) is 2. The minimum absolute atomic E-state index is 0.0249. The average molecular weight is 292 g/mol. The molecule has 1 amide bonds. The number of carbonyl (C=O) groups excluding carboxylic acids is 1. The van der Waals surface area contributed by atoms with Crippen LogP contribution in [0, 0.1) is 0 Å². The normalized spacial score (nSPS) is 20.7. The topological polar surface area (TPSA) is 59.6 Å². The largest absolute Gasteiger partial charge is 0.497 e. The van der Waals surface area contributed by atoms with Crippen LogP contribution in [0.4, 0.5) is 0 Å². The number of carbonyl (C=O) groups is 1. The fourth-order valence-electron chi connectivity index (χ4n) is 2.54. The molecule has 0 heterocycles. The molecule has 0 saturated heterocycles. The van der Waals surface area contributed by atoms with Gasteiger partial charge in [0, 0.05) is 19.7 Å². The Morgan fingerprint density at radius 2 is 2.14 bits per heavy atom. The summed E-state index contributed by atoms with van der Waals surface area (Å²) in [6.45, 7) is 1.49. The Morgan fingerprint density at radius 3 is 2.86 bits per heavy atom. The van der Waals surface area contributed by atoms with Gasteiger partial charge in [0.2, 0.25) is 5.91 Å². The van der Waals surface area contributed by atoms with E-state index in [9.17, 15) is 4.79 Å². The molecule has 2 rings (SSSR count). The Labute approximate surface area is 126 Å². The van der Waals surface area contributed by atoms with E-state index < -0.39 is 0 Å². The first-order valence-corrected chi connectivity index (χ1v) is 7.36. The highest BCUT2D eigenvalue weighted by Gasteiger charge is 2.30. The lowest BCUT2D eigenvalue weighted by atomic mass is 9.76. The van der Waals surface area contributed by atoms with E-state index in [1.54, 1.807) is 14.2 Å². The molecule has 2 N–H and O–H groups in total. The summed E-state index contributed by atoms with van der Waals surface area (Å²) in [5, 5.41) is 6.09. The molecule has 21 heavy (non-hydrogen) atoms. The second-order valence-electron chi connectivity index (χ2n) is 5.37. The van der Waals surface area contributed by atoms with E-state index in [0.717, 1.165) is 18.6 Å². The summed E-state index contributed by atoms with van der Waals surface area (Å²) in [7, 11) is 3.31. The predicted molar refractivity (Wildman–Crippen MR) is 81.6 cm³/mol. The van der Waals surface area contributed by atoms with Crippen molar-refractivity contribution in [2.24, 2.45) is 0 Å². The molecule has 0 radical (unpaired) electrons. The minimum Gasteiger partial charge on any atom is -0.497 e. The van der Waals surface area contributed by atoms with Crippen molar-refractivity contribution >= 4 is 5.91 Å². The smallest absolute Gasteiger partial charge is 0.234 e. The number of nitrogens with one attached hydrogen (secondary N) is 2. The maximum atomic E-state index is 11.6. The number of hydrogen-bond acceptors (Lipinski definition) is 4. The SMILES string of the molecule is COCCNC(=O)CNC1CC(c2cccc(OC)c2)C1. The Hall–Kier alpha value is -1.59. The van der Waals surface area contributed by atoms with Gasteiger partial charge in [-0.05, 0) is 36.5 Å². The quantitative estimate of drug-likeness (QED) is 0.709. The first-order chi connectivity index (χ1) is 10.2. The molecule has 0 aliphatic heterocycles. The standard InChI is InChI=1S/C16H24N2O3/c1-20-7-6-17-16(19)11-18-14-8-13(9-14)12-4-3-5-15(10-12)21-2/h3-5,10,13-14,18H,6-9,11H2,1-2H3,(H,17,19). The summed E-state index contributed by atoms with van der Waals surface area (Å²) >= 11 is 0. The maximum Gasteiger partial charge on any atom is 0.234 e. The van der Waals surface area contributed by atoms with E-state index in [1.807, 2.05) is 12.1 Å². The van der Waals surface area contributed by atoms with Gasteiger partial charge in [-0.1, -0.05) is 12.1 Å². The second kappa shape index (κ2) is 8.00. The van der Waals surface area contributed by atoms with Gasteiger partial charge in [0.1, 0.15) is 5.75 Å². The number of methoxy groups -OCH3 is 2. The van der Waals surface area contributed by atoms with Crippen LogP contribution in [0.5, 0.6) is 5.75 Å². The van der Waals surface area contributed by atoms with Crippen molar-refractivity contribution in [1.82, 2.24) is 10.6 Å².